The number of halogens is 1. The van der Waals surface area contributed by atoms with Crippen LogP contribution in [0.3, 0.4) is 0 Å². The maximum absolute atomic E-state index is 11.9. The predicted octanol–water partition coefficient (Wildman–Crippen LogP) is 2.08. The Labute approximate surface area is 116 Å². The molecule has 0 spiro atoms. The van der Waals surface area contributed by atoms with E-state index in [-0.39, 0.29) is 23.1 Å². The lowest BCUT2D eigenvalue weighted by atomic mass is 10.1. The number of thiol groups is 1. The number of nitrogens with zero attached hydrogens (tertiary/aromatic N) is 2. The molecule has 4 nitrogen and oxygen atoms in total. The van der Waals surface area contributed by atoms with Crippen molar-refractivity contribution in [3.05, 3.63) is 22.7 Å². The number of carbonyl (C=O) groups excluding carboxylic acids is 1. The normalized spacial score (nSPS) is 19.1. The molecule has 1 amide bonds. The molecule has 1 fully saturated rings. The van der Waals surface area contributed by atoms with Crippen molar-refractivity contribution in [2.75, 3.05) is 22.9 Å². The number of benzene rings is 1. The van der Waals surface area contributed by atoms with Gasteiger partial charge in [-0.1, -0.05) is 11.6 Å². The molecule has 18 heavy (non-hydrogen) atoms. The lowest BCUT2D eigenvalue weighted by Crippen LogP contribution is -2.25. The molecular formula is C12H12ClN3OS. The number of nitriles is 1. The summed E-state index contributed by atoms with van der Waals surface area (Å²) in [5, 5.41) is 9.30. The fourth-order valence-corrected chi connectivity index (χ4v) is 2.52. The molecule has 0 aromatic heterocycles. The zero-order valence-corrected chi connectivity index (χ0v) is 11.2. The quantitative estimate of drug-likeness (QED) is 0.644. The zero-order chi connectivity index (χ0) is 13.3. The second-order valence-corrected chi connectivity index (χ2v) is 5.00. The molecule has 1 aromatic carbocycles. The molecule has 0 saturated carbocycles. The van der Waals surface area contributed by atoms with Crippen LogP contribution in [-0.2, 0) is 4.79 Å². The number of anilines is 2. The van der Waals surface area contributed by atoms with E-state index >= 15 is 0 Å². The van der Waals surface area contributed by atoms with Gasteiger partial charge in [-0.05, 0) is 23.8 Å². The molecule has 0 radical (unpaired) electrons. The Hall–Kier alpha value is -1.38. The Kier molecular flexibility index (Phi) is 3.69. The highest BCUT2D eigenvalue weighted by Gasteiger charge is 2.31. The molecule has 1 unspecified atom stereocenters. The van der Waals surface area contributed by atoms with Crippen molar-refractivity contribution in [1.29, 1.82) is 5.26 Å². The van der Waals surface area contributed by atoms with Gasteiger partial charge in [-0.25, -0.2) is 0 Å². The highest BCUT2D eigenvalue weighted by Crippen LogP contribution is 2.35. The minimum absolute atomic E-state index is 0.00645. The molecule has 1 aliphatic rings. The van der Waals surface area contributed by atoms with Crippen molar-refractivity contribution in [2.24, 2.45) is 5.92 Å². The van der Waals surface area contributed by atoms with Gasteiger partial charge in [0.15, 0.2) is 0 Å². The first-order chi connectivity index (χ1) is 8.58. The van der Waals surface area contributed by atoms with Crippen molar-refractivity contribution < 1.29 is 4.79 Å². The predicted molar refractivity (Wildman–Crippen MR) is 74.9 cm³/mol. The standard InChI is InChI=1S/C12H12ClN3OS/c13-9-1-2-10(12(15)8(9)4-14)16-5-7(6-18)3-11(16)17/h1-2,7,18H,3,5-6,15H2. The first-order valence-corrected chi connectivity index (χ1v) is 6.48. The van der Waals surface area contributed by atoms with Crippen LogP contribution in [0.5, 0.6) is 0 Å². The second-order valence-electron chi connectivity index (χ2n) is 4.22. The largest absolute Gasteiger partial charge is 0.396 e. The minimum atomic E-state index is 0.00645. The third-order valence-electron chi connectivity index (χ3n) is 3.04. The van der Waals surface area contributed by atoms with Crippen LogP contribution in [0, 0.1) is 17.2 Å². The van der Waals surface area contributed by atoms with Crippen LogP contribution >= 0.6 is 24.2 Å². The first-order valence-electron chi connectivity index (χ1n) is 5.47. The molecule has 1 aromatic rings. The number of nitrogen functional groups attached to an aromatic ring is 1. The van der Waals surface area contributed by atoms with Gasteiger partial charge in [0.1, 0.15) is 6.07 Å². The van der Waals surface area contributed by atoms with Gasteiger partial charge < -0.3 is 10.6 Å². The molecule has 94 valence electrons. The molecule has 1 atom stereocenters. The Morgan fingerprint density at radius 2 is 2.33 bits per heavy atom. The number of hydrogen-bond acceptors (Lipinski definition) is 4. The summed E-state index contributed by atoms with van der Waals surface area (Å²) in [5.74, 6) is 0.884. The Bertz CT molecular complexity index is 541. The van der Waals surface area contributed by atoms with E-state index in [0.717, 1.165) is 0 Å². The van der Waals surface area contributed by atoms with Crippen LogP contribution in [-0.4, -0.2) is 18.2 Å². The molecule has 2 N–H and O–H groups in total. The molecule has 0 bridgehead atoms. The molecule has 2 rings (SSSR count). The maximum atomic E-state index is 11.9. The topological polar surface area (TPSA) is 70.1 Å². The van der Waals surface area contributed by atoms with Crippen molar-refractivity contribution >= 4 is 41.5 Å². The van der Waals surface area contributed by atoms with Gasteiger partial charge in [0, 0.05) is 13.0 Å². The summed E-state index contributed by atoms with van der Waals surface area (Å²) in [6.45, 7) is 0.582. The second kappa shape index (κ2) is 5.09. The molecule has 1 saturated heterocycles. The van der Waals surface area contributed by atoms with Gasteiger partial charge in [-0.2, -0.15) is 17.9 Å². The van der Waals surface area contributed by atoms with Crippen molar-refractivity contribution in [1.82, 2.24) is 0 Å². The van der Waals surface area contributed by atoms with Crippen LogP contribution in [0.2, 0.25) is 5.02 Å². The highest BCUT2D eigenvalue weighted by atomic mass is 35.5. The lowest BCUT2D eigenvalue weighted by Gasteiger charge is -2.19. The van der Waals surface area contributed by atoms with E-state index in [2.05, 4.69) is 12.6 Å². The van der Waals surface area contributed by atoms with Crippen LogP contribution in [0.15, 0.2) is 12.1 Å². The van der Waals surface area contributed by atoms with E-state index in [1.54, 1.807) is 17.0 Å². The number of hydrogen-bond donors (Lipinski definition) is 2. The monoisotopic (exact) mass is 281 g/mol. The fraction of sp³-hybridized carbons (Fsp3) is 0.333. The van der Waals surface area contributed by atoms with Crippen LogP contribution in [0.25, 0.3) is 0 Å². The van der Waals surface area contributed by atoms with Crippen molar-refractivity contribution in [3.8, 4) is 6.07 Å². The molecule has 1 heterocycles. The van der Waals surface area contributed by atoms with Crippen LogP contribution in [0.4, 0.5) is 11.4 Å². The van der Waals surface area contributed by atoms with E-state index in [9.17, 15) is 4.79 Å². The first kappa shape index (κ1) is 13.1. The van der Waals surface area contributed by atoms with Crippen LogP contribution < -0.4 is 10.6 Å². The summed E-state index contributed by atoms with van der Waals surface area (Å²) in [4.78, 5) is 13.5. The van der Waals surface area contributed by atoms with Gasteiger partial charge >= 0.3 is 0 Å². The number of carbonyl (C=O) groups is 1. The minimum Gasteiger partial charge on any atom is -0.396 e. The Morgan fingerprint density at radius 3 is 2.89 bits per heavy atom. The number of nitrogens with two attached hydrogens (primary N) is 1. The Balaban J connectivity index is 2.41. The Morgan fingerprint density at radius 1 is 1.61 bits per heavy atom. The summed E-state index contributed by atoms with van der Waals surface area (Å²) in [5.41, 5.74) is 6.95. The van der Waals surface area contributed by atoms with E-state index in [1.165, 1.54) is 0 Å². The van der Waals surface area contributed by atoms with Gasteiger partial charge in [-0.15, -0.1) is 0 Å². The zero-order valence-electron chi connectivity index (χ0n) is 9.56. The van der Waals surface area contributed by atoms with E-state index in [0.29, 0.717) is 29.4 Å². The summed E-state index contributed by atoms with van der Waals surface area (Å²) >= 11 is 10.1. The summed E-state index contributed by atoms with van der Waals surface area (Å²) in [7, 11) is 0. The summed E-state index contributed by atoms with van der Waals surface area (Å²) in [6.07, 6.45) is 0.466. The van der Waals surface area contributed by atoms with Crippen molar-refractivity contribution in [3.63, 3.8) is 0 Å². The highest BCUT2D eigenvalue weighted by molar-refractivity contribution is 7.80. The van der Waals surface area contributed by atoms with E-state index in [1.807, 2.05) is 6.07 Å². The van der Waals surface area contributed by atoms with Crippen LogP contribution in [0.1, 0.15) is 12.0 Å². The van der Waals surface area contributed by atoms with E-state index in [4.69, 9.17) is 22.6 Å². The fourth-order valence-electron chi connectivity index (χ4n) is 2.07. The van der Waals surface area contributed by atoms with E-state index < -0.39 is 0 Å². The maximum Gasteiger partial charge on any atom is 0.227 e. The molecular weight excluding hydrogens is 270 g/mol. The van der Waals surface area contributed by atoms with Gasteiger partial charge in [0.2, 0.25) is 5.91 Å². The smallest absolute Gasteiger partial charge is 0.227 e. The molecule has 0 aliphatic carbocycles. The summed E-state index contributed by atoms with van der Waals surface area (Å²) < 4.78 is 0. The third-order valence-corrected chi connectivity index (χ3v) is 3.87. The van der Waals surface area contributed by atoms with Crippen molar-refractivity contribution in [2.45, 2.75) is 6.42 Å². The third kappa shape index (κ3) is 2.14. The average Bonchev–Trinajstić information content (AvgIpc) is 2.71. The average molecular weight is 282 g/mol. The summed E-state index contributed by atoms with van der Waals surface area (Å²) in [6, 6.07) is 5.23. The molecule has 1 aliphatic heterocycles. The number of rotatable bonds is 2. The SMILES string of the molecule is N#Cc1c(Cl)ccc(N2CC(CS)CC2=O)c1N. The van der Waals surface area contributed by atoms with Gasteiger partial charge in [0.05, 0.1) is 22.0 Å². The molecule has 6 heteroatoms. The van der Waals surface area contributed by atoms with Gasteiger partial charge in [-0.3, -0.25) is 4.79 Å². The van der Waals surface area contributed by atoms with Gasteiger partial charge in [0.25, 0.3) is 0 Å². The number of amides is 1. The lowest BCUT2D eigenvalue weighted by molar-refractivity contribution is -0.117.